The maximum absolute atomic E-state index is 12.4. The average Bonchev–Trinajstić information content (AvgIpc) is 2.79. The molecule has 3 N–H and O–H groups in total. The minimum atomic E-state index is -0.119. The Morgan fingerprint density at radius 1 is 1.40 bits per heavy atom. The minimum Gasteiger partial charge on any atom is -0.397 e. The molecule has 0 bridgehead atoms. The molecule has 2 aromatic rings. The van der Waals surface area contributed by atoms with Crippen molar-refractivity contribution in [3.63, 3.8) is 0 Å². The van der Waals surface area contributed by atoms with E-state index in [0.29, 0.717) is 28.8 Å². The number of hydrogen-bond acceptors (Lipinski definition) is 4. The van der Waals surface area contributed by atoms with Gasteiger partial charge in [-0.25, -0.2) is 0 Å². The van der Waals surface area contributed by atoms with Crippen molar-refractivity contribution in [3.05, 3.63) is 28.1 Å². The lowest BCUT2D eigenvalue weighted by Gasteiger charge is -2.22. The van der Waals surface area contributed by atoms with Crippen molar-refractivity contribution in [1.82, 2.24) is 5.32 Å². The first-order valence-corrected chi connectivity index (χ1v) is 7.71. The molecule has 3 rings (SSSR count). The van der Waals surface area contributed by atoms with Crippen LogP contribution >= 0.6 is 22.9 Å². The van der Waals surface area contributed by atoms with Crippen molar-refractivity contribution in [2.75, 3.05) is 18.9 Å². The van der Waals surface area contributed by atoms with Crippen molar-refractivity contribution in [2.24, 2.45) is 0 Å². The van der Waals surface area contributed by atoms with Gasteiger partial charge in [0.15, 0.2) is 0 Å². The number of fused-ring (bicyclic) bond motifs is 1. The smallest absolute Gasteiger partial charge is 0.263 e. The number of benzene rings is 1. The van der Waals surface area contributed by atoms with Gasteiger partial charge in [-0.1, -0.05) is 17.7 Å². The molecule has 106 valence electrons. The summed E-state index contributed by atoms with van der Waals surface area (Å²) in [6.07, 6.45) is 1.69. The Kier molecular flexibility index (Phi) is 3.83. The first kappa shape index (κ1) is 13.7. The van der Waals surface area contributed by atoms with Crippen molar-refractivity contribution in [2.45, 2.75) is 18.9 Å². The quantitative estimate of drug-likeness (QED) is 0.896. The normalized spacial score (nSPS) is 16.4. The van der Waals surface area contributed by atoms with Crippen LogP contribution in [0.4, 0.5) is 5.69 Å². The van der Waals surface area contributed by atoms with E-state index in [9.17, 15) is 4.79 Å². The summed E-state index contributed by atoms with van der Waals surface area (Å²) in [5.74, 6) is -0.119. The molecule has 6 heteroatoms. The van der Waals surface area contributed by atoms with Crippen LogP contribution in [0.3, 0.4) is 0 Å². The molecule has 0 saturated carbocycles. The zero-order valence-electron chi connectivity index (χ0n) is 10.8. The molecular weight excluding hydrogens is 296 g/mol. The van der Waals surface area contributed by atoms with Gasteiger partial charge in [-0.05, 0) is 25.0 Å². The first-order chi connectivity index (χ1) is 9.66. The van der Waals surface area contributed by atoms with Crippen LogP contribution in [0.2, 0.25) is 5.02 Å². The summed E-state index contributed by atoms with van der Waals surface area (Å²) in [5.41, 5.74) is 6.56. The summed E-state index contributed by atoms with van der Waals surface area (Å²) < 4.78 is 6.22. The third kappa shape index (κ3) is 2.49. The van der Waals surface area contributed by atoms with E-state index in [0.717, 1.165) is 22.9 Å². The summed E-state index contributed by atoms with van der Waals surface area (Å²) in [6, 6.07) is 5.73. The number of nitrogens with two attached hydrogens (primary N) is 1. The van der Waals surface area contributed by atoms with Crippen molar-refractivity contribution in [1.29, 1.82) is 0 Å². The molecular formula is C14H15ClN2O2S. The second-order valence-electron chi connectivity index (χ2n) is 4.82. The van der Waals surface area contributed by atoms with Gasteiger partial charge in [-0.2, -0.15) is 0 Å². The predicted octanol–water partition coefficient (Wildman–Crippen LogP) is 3.05. The van der Waals surface area contributed by atoms with Crippen molar-refractivity contribution >= 4 is 44.6 Å². The predicted molar refractivity (Wildman–Crippen MR) is 82.6 cm³/mol. The van der Waals surface area contributed by atoms with Crippen LogP contribution in [0.5, 0.6) is 0 Å². The first-order valence-electron chi connectivity index (χ1n) is 6.52. The molecule has 1 aromatic carbocycles. The van der Waals surface area contributed by atoms with Crippen LogP contribution in [0, 0.1) is 0 Å². The van der Waals surface area contributed by atoms with E-state index < -0.39 is 0 Å². The molecule has 0 radical (unpaired) electrons. The highest BCUT2D eigenvalue weighted by molar-refractivity contribution is 7.21. The van der Waals surface area contributed by atoms with Gasteiger partial charge >= 0.3 is 0 Å². The molecule has 2 heterocycles. The summed E-state index contributed by atoms with van der Waals surface area (Å²) in [4.78, 5) is 12.9. The van der Waals surface area contributed by atoms with Gasteiger partial charge in [-0.15, -0.1) is 11.3 Å². The number of anilines is 1. The number of halogens is 1. The fourth-order valence-corrected chi connectivity index (χ4v) is 3.78. The number of nitrogen functional groups attached to an aromatic ring is 1. The van der Waals surface area contributed by atoms with Gasteiger partial charge in [0.05, 0.1) is 10.7 Å². The van der Waals surface area contributed by atoms with E-state index in [1.807, 2.05) is 12.1 Å². The number of carbonyl (C=O) groups excluding carboxylic acids is 1. The molecule has 1 fully saturated rings. The van der Waals surface area contributed by atoms with Gasteiger partial charge in [-0.3, -0.25) is 4.79 Å². The van der Waals surface area contributed by atoms with Crippen LogP contribution in [-0.2, 0) is 4.74 Å². The molecule has 0 unspecified atom stereocenters. The van der Waals surface area contributed by atoms with E-state index >= 15 is 0 Å². The third-order valence-electron chi connectivity index (χ3n) is 3.46. The van der Waals surface area contributed by atoms with Crippen molar-refractivity contribution in [3.8, 4) is 0 Å². The maximum atomic E-state index is 12.4. The fourth-order valence-electron chi connectivity index (χ4n) is 2.39. The number of rotatable bonds is 2. The lowest BCUT2D eigenvalue weighted by molar-refractivity contribution is 0.0699. The maximum Gasteiger partial charge on any atom is 0.263 e. The highest BCUT2D eigenvalue weighted by Gasteiger charge is 2.21. The monoisotopic (exact) mass is 310 g/mol. The van der Waals surface area contributed by atoms with Gasteiger partial charge < -0.3 is 15.8 Å². The number of thiophene rings is 1. The zero-order valence-corrected chi connectivity index (χ0v) is 12.4. The number of carbonyl (C=O) groups is 1. The molecule has 1 amide bonds. The van der Waals surface area contributed by atoms with Crippen LogP contribution in [0.1, 0.15) is 22.5 Å². The number of ether oxygens (including phenoxy) is 1. The second kappa shape index (κ2) is 5.60. The Morgan fingerprint density at radius 2 is 2.15 bits per heavy atom. The molecule has 20 heavy (non-hydrogen) atoms. The van der Waals surface area contributed by atoms with Crippen LogP contribution in [0.15, 0.2) is 18.2 Å². The molecule has 0 spiro atoms. The average molecular weight is 311 g/mol. The summed E-state index contributed by atoms with van der Waals surface area (Å²) in [7, 11) is 0. The van der Waals surface area contributed by atoms with E-state index in [1.165, 1.54) is 11.3 Å². The van der Waals surface area contributed by atoms with Gasteiger partial charge in [0.25, 0.3) is 5.91 Å². The lowest BCUT2D eigenvalue weighted by atomic mass is 10.1. The highest BCUT2D eigenvalue weighted by atomic mass is 35.5. The Hall–Kier alpha value is -1.30. The highest BCUT2D eigenvalue weighted by Crippen LogP contribution is 2.38. The number of nitrogens with one attached hydrogen (secondary N) is 1. The Bertz CT molecular complexity index is 650. The van der Waals surface area contributed by atoms with Crippen LogP contribution in [-0.4, -0.2) is 25.2 Å². The van der Waals surface area contributed by atoms with E-state index in [2.05, 4.69) is 5.32 Å². The molecule has 1 aromatic heterocycles. The standard InChI is InChI=1S/C14H15ClN2O2S/c15-9-2-1-3-10-11(9)12(16)13(20-10)14(18)17-8-4-6-19-7-5-8/h1-3,8H,4-7,16H2,(H,17,18). The van der Waals surface area contributed by atoms with Gasteiger partial charge in [0, 0.05) is 29.3 Å². The Balaban J connectivity index is 1.87. The molecule has 4 nitrogen and oxygen atoms in total. The van der Waals surface area contributed by atoms with Crippen molar-refractivity contribution < 1.29 is 9.53 Å². The summed E-state index contributed by atoms with van der Waals surface area (Å²) in [6.45, 7) is 1.39. The molecule has 1 aliphatic heterocycles. The van der Waals surface area contributed by atoms with Crippen LogP contribution < -0.4 is 11.1 Å². The zero-order chi connectivity index (χ0) is 14.1. The molecule has 1 aliphatic rings. The lowest BCUT2D eigenvalue weighted by Crippen LogP contribution is -2.38. The van der Waals surface area contributed by atoms with E-state index in [-0.39, 0.29) is 11.9 Å². The van der Waals surface area contributed by atoms with E-state index in [1.54, 1.807) is 6.07 Å². The SMILES string of the molecule is Nc1c(C(=O)NC2CCOCC2)sc2cccc(Cl)c12. The topological polar surface area (TPSA) is 64.4 Å². The number of amides is 1. The fraction of sp³-hybridized carbons (Fsp3) is 0.357. The summed E-state index contributed by atoms with van der Waals surface area (Å²) in [5, 5.41) is 4.38. The Morgan fingerprint density at radius 3 is 2.85 bits per heavy atom. The molecule has 1 saturated heterocycles. The third-order valence-corrected chi connectivity index (χ3v) is 4.95. The van der Waals surface area contributed by atoms with Gasteiger partial charge in [0.1, 0.15) is 4.88 Å². The Labute approximate surface area is 125 Å². The minimum absolute atomic E-state index is 0.119. The molecule has 0 atom stereocenters. The van der Waals surface area contributed by atoms with E-state index in [4.69, 9.17) is 22.1 Å². The molecule has 0 aliphatic carbocycles. The summed E-state index contributed by atoms with van der Waals surface area (Å²) >= 11 is 7.53. The van der Waals surface area contributed by atoms with Gasteiger partial charge in [0.2, 0.25) is 0 Å². The second-order valence-corrected chi connectivity index (χ2v) is 6.28. The van der Waals surface area contributed by atoms with Crippen LogP contribution in [0.25, 0.3) is 10.1 Å². The largest absolute Gasteiger partial charge is 0.397 e. The number of hydrogen-bond donors (Lipinski definition) is 2.